The van der Waals surface area contributed by atoms with Crippen molar-refractivity contribution in [3.8, 4) is 0 Å². The summed E-state index contributed by atoms with van der Waals surface area (Å²) < 4.78 is 0. The van der Waals surface area contributed by atoms with Crippen LogP contribution in [0.5, 0.6) is 0 Å². The van der Waals surface area contributed by atoms with Crippen LogP contribution in [0.25, 0.3) is 0 Å². The van der Waals surface area contributed by atoms with Gasteiger partial charge in [-0.15, -0.1) is 0 Å². The van der Waals surface area contributed by atoms with Crippen LogP contribution in [-0.4, -0.2) is 16.8 Å². The van der Waals surface area contributed by atoms with Gasteiger partial charge in [0.25, 0.3) is 0 Å². The zero-order valence-corrected chi connectivity index (χ0v) is 11.1. The summed E-state index contributed by atoms with van der Waals surface area (Å²) in [4.78, 5) is 0. The monoisotopic (exact) mass is 230 g/mol. The van der Waals surface area contributed by atoms with Crippen molar-refractivity contribution < 1.29 is 0 Å². The second kappa shape index (κ2) is 3.31. The molecule has 0 aromatic carbocycles. The van der Waals surface area contributed by atoms with E-state index < -0.39 is 9.24 Å². The summed E-state index contributed by atoms with van der Waals surface area (Å²) in [6.45, 7) is 9.03. The summed E-state index contributed by atoms with van der Waals surface area (Å²) >= 11 is 0. The molecular weight excluding hydrogens is 212 g/mol. The van der Waals surface area contributed by atoms with Gasteiger partial charge in [-0.25, -0.2) is 0 Å². The standard InChI is InChI=1S/C12H19ClS/c1-8-9(2)11(4)12(10(8)3)14(13)6-5-7-14/h12H,5-7H2,1-4H3. The zero-order valence-electron chi connectivity index (χ0n) is 9.48. The van der Waals surface area contributed by atoms with E-state index in [1.165, 1.54) is 29.1 Å². The molecule has 0 aromatic heterocycles. The summed E-state index contributed by atoms with van der Waals surface area (Å²) in [6.07, 6.45) is 1.34. The Morgan fingerprint density at radius 1 is 1.00 bits per heavy atom. The summed E-state index contributed by atoms with van der Waals surface area (Å²) in [5.41, 5.74) is 6.08. The molecule has 0 saturated carbocycles. The first-order chi connectivity index (χ1) is 6.47. The highest BCUT2D eigenvalue weighted by Crippen LogP contribution is 2.69. The highest BCUT2D eigenvalue weighted by molar-refractivity contribution is 8.52. The lowest BCUT2D eigenvalue weighted by atomic mass is 10.1. The van der Waals surface area contributed by atoms with Crippen molar-refractivity contribution >= 4 is 19.9 Å². The Hall–Kier alpha value is 0.120. The third kappa shape index (κ3) is 1.29. The van der Waals surface area contributed by atoms with Gasteiger partial charge in [-0.2, -0.15) is 9.24 Å². The highest BCUT2D eigenvalue weighted by Gasteiger charge is 2.42. The van der Waals surface area contributed by atoms with Crippen LogP contribution in [0.3, 0.4) is 0 Å². The van der Waals surface area contributed by atoms with Gasteiger partial charge < -0.3 is 0 Å². The predicted molar refractivity (Wildman–Crippen MR) is 68.3 cm³/mol. The van der Waals surface area contributed by atoms with Crippen molar-refractivity contribution in [2.45, 2.75) is 39.4 Å². The second-order valence-corrected chi connectivity index (χ2v) is 9.42. The summed E-state index contributed by atoms with van der Waals surface area (Å²) in [5.74, 6) is 2.54. The number of halogens is 1. The minimum Gasteiger partial charge on any atom is -0.152 e. The summed E-state index contributed by atoms with van der Waals surface area (Å²) in [6, 6.07) is 0. The average molecular weight is 231 g/mol. The van der Waals surface area contributed by atoms with Crippen molar-refractivity contribution in [1.82, 2.24) is 0 Å². The van der Waals surface area contributed by atoms with Crippen LogP contribution in [0.1, 0.15) is 34.1 Å². The molecule has 2 aliphatic rings. The van der Waals surface area contributed by atoms with Gasteiger partial charge in [0.1, 0.15) is 0 Å². The van der Waals surface area contributed by atoms with Gasteiger partial charge in [-0.1, -0.05) is 21.8 Å². The maximum absolute atomic E-state index is 6.75. The second-order valence-electron chi connectivity index (χ2n) is 4.60. The molecule has 1 heterocycles. The first kappa shape index (κ1) is 10.6. The van der Waals surface area contributed by atoms with E-state index in [1.807, 2.05) is 0 Å². The van der Waals surface area contributed by atoms with Gasteiger partial charge >= 0.3 is 0 Å². The minimum absolute atomic E-state index is 0.609. The van der Waals surface area contributed by atoms with Gasteiger partial charge in [0.15, 0.2) is 0 Å². The van der Waals surface area contributed by atoms with Crippen LogP contribution in [0.2, 0.25) is 0 Å². The molecule has 0 spiro atoms. The van der Waals surface area contributed by atoms with Crippen molar-refractivity contribution in [1.29, 1.82) is 0 Å². The van der Waals surface area contributed by atoms with E-state index in [9.17, 15) is 0 Å². The first-order valence-electron chi connectivity index (χ1n) is 5.29. The minimum atomic E-state index is -0.825. The fraction of sp³-hybridized carbons (Fsp3) is 0.667. The number of hydrogen-bond donors (Lipinski definition) is 0. The lowest BCUT2D eigenvalue weighted by Crippen LogP contribution is -2.28. The molecule has 0 radical (unpaired) electrons. The van der Waals surface area contributed by atoms with Gasteiger partial charge in [0.2, 0.25) is 0 Å². The van der Waals surface area contributed by atoms with Gasteiger partial charge in [-0.05, 0) is 56.8 Å². The molecule has 14 heavy (non-hydrogen) atoms. The molecular formula is C12H19ClS. The fourth-order valence-corrected chi connectivity index (χ4v) is 6.99. The van der Waals surface area contributed by atoms with Crippen LogP contribution in [0.15, 0.2) is 22.3 Å². The molecule has 1 aliphatic heterocycles. The van der Waals surface area contributed by atoms with Crippen molar-refractivity contribution in [3.63, 3.8) is 0 Å². The Bertz CT molecular complexity index is 310. The highest BCUT2D eigenvalue weighted by atomic mass is 35.7. The summed E-state index contributed by atoms with van der Waals surface area (Å²) in [7, 11) is 5.92. The predicted octanol–water partition coefficient (Wildman–Crippen LogP) is 4.40. The van der Waals surface area contributed by atoms with Crippen molar-refractivity contribution in [3.05, 3.63) is 22.3 Å². The molecule has 0 N–H and O–H groups in total. The molecule has 0 unspecified atom stereocenters. The molecule has 1 saturated heterocycles. The third-order valence-electron chi connectivity index (χ3n) is 3.92. The largest absolute Gasteiger partial charge is 0.152 e. The fourth-order valence-electron chi connectivity index (χ4n) is 2.60. The van der Waals surface area contributed by atoms with Crippen LogP contribution >= 0.6 is 19.9 Å². The summed E-state index contributed by atoms with van der Waals surface area (Å²) in [5, 5.41) is 0.609. The van der Waals surface area contributed by atoms with E-state index in [2.05, 4.69) is 27.7 Å². The van der Waals surface area contributed by atoms with Crippen LogP contribution < -0.4 is 0 Å². The smallest absolute Gasteiger partial charge is 0.0438 e. The van der Waals surface area contributed by atoms with E-state index >= 15 is 0 Å². The average Bonchev–Trinajstić information content (AvgIpc) is 2.28. The molecule has 2 rings (SSSR count). The Morgan fingerprint density at radius 3 is 1.71 bits per heavy atom. The molecule has 0 nitrogen and oxygen atoms in total. The maximum atomic E-state index is 6.75. The lowest BCUT2D eigenvalue weighted by Gasteiger charge is -2.47. The number of allylic oxidation sites excluding steroid dienone is 2. The number of rotatable bonds is 1. The Morgan fingerprint density at radius 2 is 1.43 bits per heavy atom. The quantitative estimate of drug-likeness (QED) is 0.626. The Balaban J connectivity index is 2.38. The lowest BCUT2D eigenvalue weighted by molar-refractivity contribution is 0.993. The molecule has 2 heteroatoms. The first-order valence-corrected chi connectivity index (χ1v) is 8.16. The van der Waals surface area contributed by atoms with E-state index in [1.54, 1.807) is 11.1 Å². The SMILES string of the molecule is CC1=C(C)C(S2(Cl)CCC2)C(C)=C1C. The Kier molecular flexibility index (Phi) is 2.52. The molecule has 80 valence electrons. The topological polar surface area (TPSA) is 0 Å². The van der Waals surface area contributed by atoms with Gasteiger partial charge in [-0.3, -0.25) is 0 Å². The van der Waals surface area contributed by atoms with Gasteiger partial charge in [0, 0.05) is 5.25 Å². The number of hydrogen-bond acceptors (Lipinski definition) is 0. The van der Waals surface area contributed by atoms with Crippen LogP contribution in [-0.2, 0) is 0 Å². The molecule has 1 fully saturated rings. The molecule has 1 aliphatic carbocycles. The van der Waals surface area contributed by atoms with E-state index in [-0.39, 0.29) is 0 Å². The molecule has 0 atom stereocenters. The van der Waals surface area contributed by atoms with E-state index in [0.29, 0.717) is 5.25 Å². The van der Waals surface area contributed by atoms with E-state index in [0.717, 1.165) is 0 Å². The van der Waals surface area contributed by atoms with Crippen molar-refractivity contribution in [2.75, 3.05) is 11.5 Å². The molecule has 0 amide bonds. The van der Waals surface area contributed by atoms with Crippen molar-refractivity contribution in [2.24, 2.45) is 0 Å². The van der Waals surface area contributed by atoms with Crippen LogP contribution in [0.4, 0.5) is 0 Å². The Labute approximate surface area is 93.2 Å². The maximum Gasteiger partial charge on any atom is 0.0438 e. The third-order valence-corrected chi connectivity index (χ3v) is 8.87. The zero-order chi connectivity index (χ0) is 10.5. The van der Waals surface area contributed by atoms with E-state index in [4.69, 9.17) is 10.7 Å². The van der Waals surface area contributed by atoms with Crippen LogP contribution in [0, 0.1) is 0 Å². The molecule has 0 bridgehead atoms. The normalized spacial score (nSPS) is 29.5. The molecule has 0 aromatic rings. The van der Waals surface area contributed by atoms with Gasteiger partial charge in [0.05, 0.1) is 0 Å².